The molecular weight excluding hydrogens is 252 g/mol. The van der Waals surface area contributed by atoms with Crippen LogP contribution in [0.4, 0.5) is 0 Å². The van der Waals surface area contributed by atoms with E-state index < -0.39 is 0 Å². The highest BCUT2D eigenvalue weighted by Gasteiger charge is 2.15. The van der Waals surface area contributed by atoms with Gasteiger partial charge in [0.05, 0.1) is 18.6 Å². The van der Waals surface area contributed by atoms with Crippen molar-refractivity contribution in [1.29, 1.82) is 0 Å². The van der Waals surface area contributed by atoms with Gasteiger partial charge in [0.2, 0.25) is 0 Å². The average Bonchev–Trinajstić information content (AvgIpc) is 3.05. The summed E-state index contributed by atoms with van der Waals surface area (Å²) in [4.78, 5) is 4.42. The minimum Gasteiger partial charge on any atom is -0.329 e. The maximum absolute atomic E-state index is 4.42. The van der Waals surface area contributed by atoms with E-state index in [4.69, 9.17) is 0 Å². The van der Waals surface area contributed by atoms with Crippen molar-refractivity contribution in [2.24, 2.45) is 0 Å². The van der Waals surface area contributed by atoms with Crippen LogP contribution in [0.3, 0.4) is 0 Å². The third-order valence-corrected chi connectivity index (χ3v) is 3.64. The molecule has 0 bridgehead atoms. The quantitative estimate of drug-likeness (QED) is 0.894. The largest absolute Gasteiger partial charge is 0.329 e. The summed E-state index contributed by atoms with van der Waals surface area (Å²) in [6.07, 6.45) is 7.47. The molecule has 1 N–H and O–H groups in total. The molecule has 0 saturated heterocycles. The number of rotatable bonds is 5. The second-order valence-electron chi connectivity index (χ2n) is 5.71. The maximum atomic E-state index is 4.42. The lowest BCUT2D eigenvalue weighted by Gasteiger charge is -2.14. The molecule has 0 aromatic carbocycles. The Bertz CT molecular complexity index is 568. The molecule has 0 spiro atoms. The van der Waals surface area contributed by atoms with Gasteiger partial charge >= 0.3 is 0 Å². The molecule has 0 radical (unpaired) electrons. The van der Waals surface area contributed by atoms with Gasteiger partial charge in [-0.15, -0.1) is 10.2 Å². The number of aromatic nitrogens is 5. The normalized spacial score (nSPS) is 14.8. The Balaban J connectivity index is 1.67. The Morgan fingerprint density at radius 2 is 2.20 bits per heavy atom. The summed E-state index contributed by atoms with van der Waals surface area (Å²) >= 11 is 0. The summed E-state index contributed by atoms with van der Waals surface area (Å²) in [7, 11) is 0. The molecule has 0 atom stereocenters. The zero-order valence-electron chi connectivity index (χ0n) is 12.2. The first-order valence-electron chi connectivity index (χ1n) is 7.37. The maximum Gasteiger partial charge on any atom is 0.153 e. The lowest BCUT2D eigenvalue weighted by Crippen LogP contribution is -2.21. The van der Waals surface area contributed by atoms with Crippen molar-refractivity contribution in [2.45, 2.75) is 58.8 Å². The van der Waals surface area contributed by atoms with E-state index in [1.54, 1.807) is 0 Å². The Kier molecular flexibility index (Phi) is 3.82. The lowest BCUT2D eigenvalue weighted by atomic mass is 10.2. The molecule has 6 nitrogen and oxygen atoms in total. The molecule has 6 heteroatoms. The first-order chi connectivity index (χ1) is 9.72. The Labute approximate surface area is 119 Å². The van der Waals surface area contributed by atoms with Crippen LogP contribution in [0.15, 0.2) is 12.5 Å². The zero-order valence-corrected chi connectivity index (χ0v) is 12.2. The monoisotopic (exact) mass is 274 g/mol. The van der Waals surface area contributed by atoms with Gasteiger partial charge in [-0.2, -0.15) is 0 Å². The zero-order chi connectivity index (χ0) is 13.9. The van der Waals surface area contributed by atoms with Gasteiger partial charge in [0, 0.05) is 31.7 Å². The molecule has 2 aromatic rings. The molecule has 0 fully saturated rings. The molecule has 2 aromatic heterocycles. The third-order valence-electron chi connectivity index (χ3n) is 3.64. The second kappa shape index (κ2) is 5.75. The van der Waals surface area contributed by atoms with Gasteiger partial charge in [0.15, 0.2) is 5.82 Å². The van der Waals surface area contributed by atoms with Gasteiger partial charge in [-0.1, -0.05) is 13.8 Å². The summed E-state index contributed by atoms with van der Waals surface area (Å²) in [6.45, 7) is 6.89. The first-order valence-corrected chi connectivity index (χ1v) is 7.37. The van der Waals surface area contributed by atoms with E-state index in [9.17, 15) is 0 Å². The second-order valence-corrected chi connectivity index (χ2v) is 5.71. The van der Waals surface area contributed by atoms with Crippen LogP contribution >= 0.6 is 0 Å². The fourth-order valence-corrected chi connectivity index (χ4v) is 2.54. The molecule has 1 aliphatic heterocycles. The molecule has 20 heavy (non-hydrogen) atoms. The van der Waals surface area contributed by atoms with Gasteiger partial charge in [0.1, 0.15) is 5.82 Å². The average molecular weight is 274 g/mol. The summed E-state index contributed by atoms with van der Waals surface area (Å²) in [5.74, 6) is 2.17. The third kappa shape index (κ3) is 2.90. The lowest BCUT2D eigenvalue weighted by molar-refractivity contribution is 0.501. The Morgan fingerprint density at radius 1 is 1.30 bits per heavy atom. The molecule has 108 valence electrons. The van der Waals surface area contributed by atoms with Crippen LogP contribution in [0.25, 0.3) is 0 Å². The predicted molar refractivity (Wildman–Crippen MR) is 76.3 cm³/mol. The Morgan fingerprint density at radius 3 is 3.05 bits per heavy atom. The summed E-state index contributed by atoms with van der Waals surface area (Å²) < 4.78 is 4.35. The minimum atomic E-state index is 0.476. The molecule has 1 aliphatic rings. The number of nitrogens with one attached hydrogen (secondary N) is 1. The first kappa shape index (κ1) is 13.3. The molecule has 0 amide bonds. The topological polar surface area (TPSA) is 60.6 Å². The number of nitrogens with zero attached hydrogens (tertiary/aromatic N) is 5. The summed E-state index contributed by atoms with van der Waals surface area (Å²) in [5.41, 5.74) is 1.07. The number of aryl methyl sites for hydroxylation is 1. The number of imidazole rings is 1. The molecule has 0 aliphatic carbocycles. The van der Waals surface area contributed by atoms with Crippen LogP contribution in [0.1, 0.15) is 44.0 Å². The van der Waals surface area contributed by atoms with Gasteiger partial charge < -0.3 is 14.5 Å². The fraction of sp³-hybridized carbons (Fsp3) is 0.643. The van der Waals surface area contributed by atoms with E-state index in [0.29, 0.717) is 6.04 Å². The number of hydrogen-bond donors (Lipinski definition) is 1. The SMILES string of the molecule is CC(C)NCc1cn(Cc2nnc3n2CCCC3)cn1. The van der Waals surface area contributed by atoms with Crippen LogP contribution in [-0.2, 0) is 26.1 Å². The van der Waals surface area contributed by atoms with Gasteiger partial charge in [0.25, 0.3) is 0 Å². The Hall–Kier alpha value is -1.69. The van der Waals surface area contributed by atoms with Crippen LogP contribution < -0.4 is 5.32 Å². The van der Waals surface area contributed by atoms with Crippen molar-refractivity contribution < 1.29 is 0 Å². The summed E-state index contributed by atoms with van der Waals surface area (Å²) in [5, 5.41) is 12.0. The van der Waals surface area contributed by atoms with Crippen molar-refractivity contribution in [1.82, 2.24) is 29.6 Å². The van der Waals surface area contributed by atoms with E-state index in [2.05, 4.69) is 49.7 Å². The predicted octanol–water partition coefficient (Wildman–Crippen LogP) is 1.36. The summed E-state index contributed by atoms with van der Waals surface area (Å²) in [6, 6.07) is 0.476. The van der Waals surface area contributed by atoms with Gasteiger partial charge in [-0.05, 0) is 12.8 Å². The van der Waals surface area contributed by atoms with E-state index in [1.165, 1.54) is 12.8 Å². The van der Waals surface area contributed by atoms with Crippen LogP contribution in [0.2, 0.25) is 0 Å². The van der Waals surface area contributed by atoms with Crippen molar-refractivity contribution in [3.05, 3.63) is 29.9 Å². The highest BCUT2D eigenvalue weighted by atomic mass is 15.3. The van der Waals surface area contributed by atoms with E-state index in [-0.39, 0.29) is 0 Å². The number of fused-ring (bicyclic) bond motifs is 1. The highest BCUT2D eigenvalue weighted by Crippen LogP contribution is 2.15. The van der Waals surface area contributed by atoms with Crippen LogP contribution in [0.5, 0.6) is 0 Å². The van der Waals surface area contributed by atoms with Gasteiger partial charge in [-0.25, -0.2) is 4.98 Å². The minimum absolute atomic E-state index is 0.476. The molecule has 3 rings (SSSR count). The van der Waals surface area contributed by atoms with E-state index >= 15 is 0 Å². The smallest absolute Gasteiger partial charge is 0.153 e. The molecule has 0 saturated carbocycles. The van der Waals surface area contributed by atoms with Crippen molar-refractivity contribution in [2.75, 3.05) is 0 Å². The van der Waals surface area contributed by atoms with Crippen molar-refractivity contribution in [3.8, 4) is 0 Å². The fourth-order valence-electron chi connectivity index (χ4n) is 2.54. The van der Waals surface area contributed by atoms with E-state index in [1.807, 2.05) is 6.33 Å². The van der Waals surface area contributed by atoms with Gasteiger partial charge in [-0.3, -0.25) is 0 Å². The van der Waals surface area contributed by atoms with Crippen LogP contribution in [-0.4, -0.2) is 30.4 Å². The molecule has 3 heterocycles. The van der Waals surface area contributed by atoms with Crippen molar-refractivity contribution in [3.63, 3.8) is 0 Å². The van der Waals surface area contributed by atoms with Crippen molar-refractivity contribution >= 4 is 0 Å². The molecule has 0 unspecified atom stereocenters. The van der Waals surface area contributed by atoms with E-state index in [0.717, 1.165) is 43.4 Å². The van der Waals surface area contributed by atoms with Crippen LogP contribution in [0, 0.1) is 0 Å². The molecular formula is C14H22N6. The highest BCUT2D eigenvalue weighted by molar-refractivity contribution is 5.02. The standard InChI is InChI=1S/C14H22N6/c1-11(2)15-7-12-8-19(10-16-12)9-14-18-17-13-5-3-4-6-20(13)14/h8,10-11,15H,3-7,9H2,1-2H3. The number of hydrogen-bond acceptors (Lipinski definition) is 4.